The van der Waals surface area contributed by atoms with Crippen molar-refractivity contribution in [3.8, 4) is 5.69 Å². The highest BCUT2D eigenvalue weighted by Gasteiger charge is 2.41. The SMILES string of the molecule is COC(=O)CC1(C(=O)Nc2ccc3cc(C(=O)OC(C)(C)C)n(-c4ccccc4C(F)(F)F)c3n2)C=CNN1. The van der Waals surface area contributed by atoms with Crippen LogP contribution in [0.15, 0.2) is 54.7 Å². The van der Waals surface area contributed by atoms with Crippen LogP contribution in [0.4, 0.5) is 19.0 Å². The summed E-state index contributed by atoms with van der Waals surface area (Å²) in [5, 5.41) is 2.91. The second-order valence-corrected chi connectivity index (χ2v) is 9.77. The zero-order valence-corrected chi connectivity index (χ0v) is 21.5. The van der Waals surface area contributed by atoms with Gasteiger partial charge in [-0.3, -0.25) is 14.2 Å². The number of carbonyl (C=O) groups is 3. The molecule has 39 heavy (non-hydrogen) atoms. The van der Waals surface area contributed by atoms with Crippen LogP contribution in [0.5, 0.6) is 0 Å². The van der Waals surface area contributed by atoms with E-state index in [2.05, 4.69) is 25.9 Å². The van der Waals surface area contributed by atoms with Crippen molar-refractivity contribution in [1.82, 2.24) is 20.4 Å². The van der Waals surface area contributed by atoms with E-state index in [-0.39, 0.29) is 29.3 Å². The number of halogens is 3. The second kappa shape index (κ2) is 10.1. The first-order valence-corrected chi connectivity index (χ1v) is 11.8. The normalized spacial score (nSPS) is 17.1. The molecule has 1 aliphatic heterocycles. The molecule has 206 valence electrons. The molecule has 2 aromatic heterocycles. The lowest BCUT2D eigenvalue weighted by molar-refractivity contribution is -0.143. The van der Waals surface area contributed by atoms with Crippen LogP contribution < -0.4 is 16.2 Å². The fraction of sp³-hybridized carbons (Fsp3) is 0.308. The lowest BCUT2D eigenvalue weighted by Crippen LogP contribution is -2.55. The number of hydrazine groups is 1. The molecule has 3 N–H and O–H groups in total. The molecule has 0 spiro atoms. The maximum absolute atomic E-state index is 14.0. The Morgan fingerprint density at radius 2 is 1.82 bits per heavy atom. The zero-order chi connectivity index (χ0) is 28.6. The van der Waals surface area contributed by atoms with Crippen molar-refractivity contribution in [2.75, 3.05) is 12.4 Å². The summed E-state index contributed by atoms with van der Waals surface area (Å²) in [5.74, 6) is -2.22. The highest BCUT2D eigenvalue weighted by atomic mass is 19.4. The van der Waals surface area contributed by atoms with E-state index in [4.69, 9.17) is 4.74 Å². The number of rotatable bonds is 6. The standard InChI is InChI=1S/C26H26F3N5O5/c1-24(2,3)39-22(36)18-13-15-9-10-19(32-23(37)25(11-12-30-33-25)14-20(35)38-4)31-21(15)34(18)17-8-6-5-7-16(17)26(27,28)29/h5-13,30,33H,14H2,1-4H3,(H,31,32,37). The van der Waals surface area contributed by atoms with Gasteiger partial charge in [0.2, 0.25) is 0 Å². The number of para-hydroxylation sites is 1. The van der Waals surface area contributed by atoms with Gasteiger partial charge in [-0.1, -0.05) is 12.1 Å². The molecule has 3 heterocycles. The van der Waals surface area contributed by atoms with Crippen LogP contribution in [0.1, 0.15) is 43.2 Å². The van der Waals surface area contributed by atoms with E-state index < -0.39 is 40.7 Å². The number of alkyl halides is 3. The van der Waals surface area contributed by atoms with Crippen LogP contribution in [0.3, 0.4) is 0 Å². The predicted molar refractivity (Wildman–Crippen MR) is 135 cm³/mol. The van der Waals surface area contributed by atoms with Crippen LogP contribution in [0.25, 0.3) is 16.7 Å². The number of esters is 2. The number of fused-ring (bicyclic) bond motifs is 1. The Labute approximate surface area is 221 Å². The summed E-state index contributed by atoms with van der Waals surface area (Å²) in [6.07, 6.45) is -2.22. The largest absolute Gasteiger partial charge is 0.469 e. The van der Waals surface area contributed by atoms with Gasteiger partial charge in [-0.05, 0) is 57.2 Å². The van der Waals surface area contributed by atoms with Crippen LogP contribution in [-0.4, -0.2) is 45.6 Å². The van der Waals surface area contributed by atoms with Gasteiger partial charge < -0.3 is 20.2 Å². The number of amides is 1. The molecular weight excluding hydrogens is 519 g/mol. The molecular formula is C26H26F3N5O5. The molecule has 0 saturated carbocycles. The lowest BCUT2D eigenvalue weighted by Gasteiger charge is -2.25. The maximum atomic E-state index is 14.0. The van der Waals surface area contributed by atoms with Crippen LogP contribution >= 0.6 is 0 Å². The molecule has 13 heteroatoms. The van der Waals surface area contributed by atoms with E-state index in [1.165, 1.54) is 55.8 Å². The van der Waals surface area contributed by atoms with Gasteiger partial charge in [0.25, 0.3) is 5.91 Å². The number of hydrogen-bond donors (Lipinski definition) is 3. The number of nitrogens with zero attached hydrogens (tertiary/aromatic N) is 2. The van der Waals surface area contributed by atoms with Gasteiger partial charge in [0.1, 0.15) is 28.3 Å². The third-order valence-electron chi connectivity index (χ3n) is 5.75. The Morgan fingerprint density at radius 3 is 2.44 bits per heavy atom. The minimum Gasteiger partial charge on any atom is -0.469 e. The van der Waals surface area contributed by atoms with Crippen LogP contribution in [0, 0.1) is 0 Å². The second-order valence-electron chi connectivity index (χ2n) is 9.77. The Hall–Kier alpha value is -4.39. The summed E-state index contributed by atoms with van der Waals surface area (Å²) in [6, 6.07) is 9.06. The number of hydrogen-bond acceptors (Lipinski definition) is 8. The van der Waals surface area contributed by atoms with E-state index in [1.807, 2.05) is 0 Å². The Morgan fingerprint density at radius 1 is 1.10 bits per heavy atom. The number of methoxy groups -OCH3 is 1. The topological polar surface area (TPSA) is 124 Å². The average molecular weight is 546 g/mol. The quantitative estimate of drug-likeness (QED) is 0.399. The number of nitrogens with one attached hydrogen (secondary N) is 3. The Balaban J connectivity index is 1.84. The summed E-state index contributed by atoms with van der Waals surface area (Å²) in [6.45, 7) is 4.91. The van der Waals surface area contributed by atoms with Crippen LogP contribution in [-0.2, 0) is 25.2 Å². The number of ether oxygens (including phenoxy) is 2. The molecule has 1 aromatic carbocycles. The first kappa shape index (κ1) is 27.6. The van der Waals surface area contributed by atoms with Gasteiger partial charge in [-0.2, -0.15) is 13.2 Å². The zero-order valence-electron chi connectivity index (χ0n) is 21.5. The fourth-order valence-corrected chi connectivity index (χ4v) is 4.02. The van der Waals surface area contributed by atoms with Crippen molar-refractivity contribution in [2.45, 2.75) is 44.5 Å². The first-order valence-electron chi connectivity index (χ1n) is 11.8. The lowest BCUT2D eigenvalue weighted by atomic mass is 9.95. The number of aromatic nitrogens is 2. The van der Waals surface area contributed by atoms with Crippen molar-refractivity contribution in [2.24, 2.45) is 0 Å². The molecule has 0 fully saturated rings. The van der Waals surface area contributed by atoms with Crippen LogP contribution in [0.2, 0.25) is 0 Å². The summed E-state index contributed by atoms with van der Waals surface area (Å²) in [5.41, 5.74) is 1.38. The molecule has 4 rings (SSSR count). The minimum atomic E-state index is -4.74. The summed E-state index contributed by atoms with van der Waals surface area (Å²) >= 11 is 0. The predicted octanol–water partition coefficient (Wildman–Crippen LogP) is 3.86. The van der Waals surface area contributed by atoms with E-state index in [9.17, 15) is 27.6 Å². The highest BCUT2D eigenvalue weighted by molar-refractivity contribution is 6.03. The summed E-state index contributed by atoms with van der Waals surface area (Å²) in [4.78, 5) is 42.6. The first-order chi connectivity index (χ1) is 18.2. The third-order valence-corrected chi connectivity index (χ3v) is 5.75. The molecule has 1 aliphatic rings. The van der Waals surface area contributed by atoms with E-state index in [0.29, 0.717) is 5.39 Å². The monoisotopic (exact) mass is 545 g/mol. The minimum absolute atomic E-state index is 0.0274. The molecule has 1 amide bonds. The Kier molecular flexibility index (Phi) is 7.13. The maximum Gasteiger partial charge on any atom is 0.418 e. The number of carbonyl (C=O) groups excluding carboxylic acids is 3. The number of anilines is 1. The van der Waals surface area contributed by atoms with Crippen molar-refractivity contribution in [3.05, 3.63) is 66.0 Å². The smallest absolute Gasteiger partial charge is 0.418 e. The molecule has 3 aromatic rings. The molecule has 1 unspecified atom stereocenters. The van der Waals surface area contributed by atoms with Gasteiger partial charge in [-0.25, -0.2) is 15.2 Å². The molecule has 10 nitrogen and oxygen atoms in total. The Bertz CT molecular complexity index is 1470. The number of pyridine rings is 1. The van der Waals surface area contributed by atoms with E-state index in [0.717, 1.165) is 10.6 Å². The fourth-order valence-electron chi connectivity index (χ4n) is 4.02. The molecule has 0 aliphatic carbocycles. The molecule has 1 atom stereocenters. The van der Waals surface area contributed by atoms with E-state index in [1.54, 1.807) is 20.8 Å². The van der Waals surface area contributed by atoms with Gasteiger partial charge >= 0.3 is 18.1 Å². The summed E-state index contributed by atoms with van der Waals surface area (Å²) < 4.78 is 53.1. The van der Waals surface area contributed by atoms with Crippen molar-refractivity contribution < 1.29 is 37.0 Å². The number of benzene rings is 1. The third kappa shape index (κ3) is 5.72. The van der Waals surface area contributed by atoms with Gasteiger partial charge in [0, 0.05) is 11.6 Å². The highest BCUT2D eigenvalue weighted by Crippen LogP contribution is 2.36. The van der Waals surface area contributed by atoms with Gasteiger partial charge in [-0.15, -0.1) is 0 Å². The van der Waals surface area contributed by atoms with Gasteiger partial charge in [0.05, 0.1) is 24.8 Å². The van der Waals surface area contributed by atoms with E-state index >= 15 is 0 Å². The summed E-state index contributed by atoms with van der Waals surface area (Å²) in [7, 11) is 1.19. The average Bonchev–Trinajstić information content (AvgIpc) is 3.48. The molecule has 0 radical (unpaired) electrons. The van der Waals surface area contributed by atoms with Crippen molar-refractivity contribution >= 4 is 34.7 Å². The van der Waals surface area contributed by atoms with Gasteiger partial charge in [0.15, 0.2) is 0 Å². The molecule has 0 saturated heterocycles. The van der Waals surface area contributed by atoms with Crippen molar-refractivity contribution in [1.29, 1.82) is 0 Å². The molecule has 0 bridgehead atoms. The van der Waals surface area contributed by atoms with Crippen molar-refractivity contribution in [3.63, 3.8) is 0 Å².